The number of carbonyl (C=O) groups is 1. The largest absolute Gasteiger partial charge is 0.490 e. The maximum atomic E-state index is 12.4. The minimum atomic E-state index is -0.305. The van der Waals surface area contributed by atoms with Crippen LogP contribution in [0.1, 0.15) is 31.3 Å². The third-order valence-corrected chi connectivity index (χ3v) is 5.29. The number of halogens is 1. The Morgan fingerprint density at radius 3 is 3.18 bits per heavy atom. The zero-order chi connectivity index (χ0) is 19.7. The van der Waals surface area contributed by atoms with Crippen LogP contribution in [0.3, 0.4) is 0 Å². The number of nitrogens with one attached hydrogen (secondary N) is 1. The number of hydrogen-bond donors (Lipinski definition) is 1. The molecule has 0 fully saturated rings. The first-order valence-electron chi connectivity index (χ1n) is 8.81. The van der Waals surface area contributed by atoms with Crippen LogP contribution >= 0.6 is 22.9 Å². The van der Waals surface area contributed by atoms with Crippen LogP contribution in [0, 0.1) is 0 Å². The van der Waals surface area contributed by atoms with Gasteiger partial charge in [-0.25, -0.2) is 4.98 Å². The van der Waals surface area contributed by atoms with Crippen molar-refractivity contribution in [1.82, 2.24) is 14.7 Å². The number of para-hydroxylation sites is 1. The molecule has 1 unspecified atom stereocenters. The lowest BCUT2D eigenvalue weighted by atomic mass is 10.2. The van der Waals surface area contributed by atoms with Gasteiger partial charge < -0.3 is 14.5 Å². The van der Waals surface area contributed by atoms with Crippen LogP contribution in [0.15, 0.2) is 46.3 Å². The highest BCUT2D eigenvalue weighted by Gasteiger charge is 2.16. The van der Waals surface area contributed by atoms with E-state index in [1.54, 1.807) is 6.08 Å². The number of aromatic nitrogens is 2. The van der Waals surface area contributed by atoms with Gasteiger partial charge in [0.05, 0.1) is 18.3 Å². The van der Waals surface area contributed by atoms with Crippen LogP contribution in [0.5, 0.6) is 5.75 Å². The van der Waals surface area contributed by atoms with Crippen molar-refractivity contribution in [2.45, 2.75) is 19.9 Å². The summed E-state index contributed by atoms with van der Waals surface area (Å²) in [4.78, 5) is 17.4. The zero-order valence-corrected chi connectivity index (χ0v) is 16.9. The van der Waals surface area contributed by atoms with Crippen molar-refractivity contribution in [3.05, 3.63) is 58.5 Å². The molecule has 0 saturated carbocycles. The van der Waals surface area contributed by atoms with Gasteiger partial charge in [0.15, 0.2) is 21.4 Å². The van der Waals surface area contributed by atoms with Crippen molar-refractivity contribution >= 4 is 50.9 Å². The van der Waals surface area contributed by atoms with E-state index in [9.17, 15) is 4.79 Å². The van der Waals surface area contributed by atoms with Gasteiger partial charge >= 0.3 is 0 Å². The van der Waals surface area contributed by atoms with Crippen LogP contribution in [-0.2, 0) is 4.79 Å². The van der Waals surface area contributed by atoms with Gasteiger partial charge in [-0.05, 0) is 32.1 Å². The van der Waals surface area contributed by atoms with E-state index < -0.39 is 0 Å². The summed E-state index contributed by atoms with van der Waals surface area (Å²) in [6, 6.07) is 7.34. The van der Waals surface area contributed by atoms with Crippen molar-refractivity contribution < 1.29 is 13.9 Å². The topological polar surface area (TPSA) is 68.8 Å². The molecule has 0 bridgehead atoms. The molecule has 0 aliphatic rings. The molecule has 0 aliphatic carbocycles. The fourth-order valence-electron chi connectivity index (χ4n) is 2.95. The van der Waals surface area contributed by atoms with E-state index in [-0.39, 0.29) is 11.9 Å². The van der Waals surface area contributed by atoms with Crippen LogP contribution in [0.2, 0.25) is 5.15 Å². The van der Waals surface area contributed by atoms with Crippen molar-refractivity contribution in [3.63, 3.8) is 0 Å². The number of imidazole rings is 1. The highest BCUT2D eigenvalue weighted by molar-refractivity contribution is 7.15. The van der Waals surface area contributed by atoms with Gasteiger partial charge in [-0.2, -0.15) is 0 Å². The molecule has 0 spiro atoms. The first-order chi connectivity index (χ1) is 13.6. The first kappa shape index (κ1) is 18.6. The highest BCUT2D eigenvalue weighted by atomic mass is 35.5. The van der Waals surface area contributed by atoms with Crippen LogP contribution in [-0.4, -0.2) is 21.9 Å². The smallest absolute Gasteiger partial charge is 0.244 e. The number of carbonyl (C=O) groups excluding carboxylic acids is 1. The van der Waals surface area contributed by atoms with Gasteiger partial charge in [0.25, 0.3) is 0 Å². The second-order valence-electron chi connectivity index (χ2n) is 6.16. The lowest BCUT2D eigenvalue weighted by Crippen LogP contribution is -2.24. The minimum absolute atomic E-state index is 0.251. The molecule has 0 radical (unpaired) electrons. The van der Waals surface area contributed by atoms with Crippen LogP contribution < -0.4 is 10.1 Å². The third-order valence-electron chi connectivity index (χ3n) is 4.26. The molecule has 0 aliphatic heterocycles. The summed E-state index contributed by atoms with van der Waals surface area (Å²) >= 11 is 7.63. The Balaban J connectivity index is 1.50. The molecule has 28 heavy (non-hydrogen) atoms. The number of ether oxygens (including phenoxy) is 1. The van der Waals surface area contributed by atoms with Crippen molar-refractivity contribution in [2.75, 3.05) is 6.61 Å². The van der Waals surface area contributed by atoms with Crippen LogP contribution in [0.25, 0.3) is 22.0 Å². The molecular weight excluding hydrogens is 398 g/mol. The lowest BCUT2D eigenvalue weighted by molar-refractivity contribution is -0.117. The quantitative estimate of drug-likeness (QED) is 0.445. The van der Waals surface area contributed by atoms with Crippen molar-refractivity contribution in [3.8, 4) is 5.75 Å². The Labute approximate surface area is 170 Å². The van der Waals surface area contributed by atoms with E-state index in [4.69, 9.17) is 20.8 Å². The standard InChI is InChI=1S/C20H18ClN3O3S/c1-3-26-15-6-4-5-13-11-16(27-18(13)15)12(2)22-17(25)8-7-14-19(21)23-20-24(14)9-10-28-20/h4-12H,3H2,1-2H3,(H,22,25)/b8-7+. The minimum Gasteiger partial charge on any atom is -0.490 e. The summed E-state index contributed by atoms with van der Waals surface area (Å²) in [5, 5.41) is 6.11. The van der Waals surface area contributed by atoms with E-state index in [0.717, 1.165) is 10.3 Å². The number of benzene rings is 1. The molecule has 4 rings (SSSR count). The van der Waals surface area contributed by atoms with Crippen LogP contribution in [0.4, 0.5) is 0 Å². The van der Waals surface area contributed by atoms with Gasteiger partial charge in [0, 0.05) is 23.0 Å². The maximum absolute atomic E-state index is 12.4. The number of thiazole rings is 1. The average Bonchev–Trinajstić information content (AvgIpc) is 3.35. The molecule has 1 aromatic carbocycles. The number of nitrogens with zero attached hydrogens (tertiary/aromatic N) is 2. The Morgan fingerprint density at radius 1 is 1.50 bits per heavy atom. The predicted molar refractivity (Wildman–Crippen MR) is 111 cm³/mol. The Bertz CT molecular complexity index is 1170. The summed E-state index contributed by atoms with van der Waals surface area (Å²) in [6.45, 7) is 4.35. The zero-order valence-electron chi connectivity index (χ0n) is 15.3. The summed E-state index contributed by atoms with van der Waals surface area (Å²) in [6.07, 6.45) is 4.96. The summed E-state index contributed by atoms with van der Waals surface area (Å²) in [5.41, 5.74) is 1.35. The number of rotatable bonds is 6. The van der Waals surface area contributed by atoms with E-state index >= 15 is 0 Å². The molecule has 3 heterocycles. The molecule has 1 atom stereocenters. The number of hydrogen-bond acceptors (Lipinski definition) is 5. The molecule has 1 amide bonds. The molecule has 6 nitrogen and oxygen atoms in total. The van der Waals surface area contributed by atoms with E-state index in [0.29, 0.717) is 34.5 Å². The number of amides is 1. The number of fused-ring (bicyclic) bond motifs is 2. The average molecular weight is 416 g/mol. The maximum Gasteiger partial charge on any atom is 0.244 e. The third kappa shape index (κ3) is 3.50. The fourth-order valence-corrected chi connectivity index (χ4v) is 3.96. The molecule has 0 saturated heterocycles. The summed E-state index contributed by atoms with van der Waals surface area (Å²) in [7, 11) is 0. The van der Waals surface area contributed by atoms with Crippen molar-refractivity contribution in [1.29, 1.82) is 0 Å². The summed E-state index contributed by atoms with van der Waals surface area (Å²) < 4.78 is 13.4. The Morgan fingerprint density at radius 2 is 2.36 bits per heavy atom. The van der Waals surface area contributed by atoms with Gasteiger partial charge in [0.1, 0.15) is 5.76 Å². The Hall–Kier alpha value is -2.77. The molecule has 3 aromatic heterocycles. The van der Waals surface area contributed by atoms with Gasteiger partial charge in [0.2, 0.25) is 5.91 Å². The van der Waals surface area contributed by atoms with E-state index in [1.165, 1.54) is 17.4 Å². The Kier molecular flexibility index (Phi) is 5.11. The highest BCUT2D eigenvalue weighted by Crippen LogP contribution is 2.31. The first-order valence-corrected chi connectivity index (χ1v) is 10.1. The van der Waals surface area contributed by atoms with Gasteiger partial charge in [-0.3, -0.25) is 9.20 Å². The molecule has 1 N–H and O–H groups in total. The SMILES string of the molecule is CCOc1cccc2cc(C(C)NC(=O)/C=C/c3c(Cl)nc4sccn34)oc12. The molecule has 4 aromatic rings. The van der Waals surface area contributed by atoms with E-state index in [1.807, 2.05) is 54.1 Å². The lowest BCUT2D eigenvalue weighted by Gasteiger charge is -2.09. The fraction of sp³-hybridized carbons (Fsp3) is 0.200. The monoisotopic (exact) mass is 415 g/mol. The molecular formula is C20H18ClN3O3S. The molecule has 144 valence electrons. The second-order valence-corrected chi connectivity index (χ2v) is 7.39. The van der Waals surface area contributed by atoms with Gasteiger partial charge in [-0.1, -0.05) is 23.7 Å². The second kappa shape index (κ2) is 7.69. The predicted octanol–water partition coefficient (Wildman–Crippen LogP) is 5.08. The molecule has 8 heteroatoms. The normalized spacial score (nSPS) is 12.8. The summed E-state index contributed by atoms with van der Waals surface area (Å²) in [5.74, 6) is 1.10. The van der Waals surface area contributed by atoms with Gasteiger partial charge in [-0.15, -0.1) is 11.3 Å². The van der Waals surface area contributed by atoms with Crippen molar-refractivity contribution in [2.24, 2.45) is 0 Å². The van der Waals surface area contributed by atoms with E-state index in [2.05, 4.69) is 10.3 Å². The number of furan rings is 1.